The largest absolute Gasteiger partial charge is 0.485 e. The van der Waals surface area contributed by atoms with Gasteiger partial charge in [-0.2, -0.15) is 4.98 Å². The number of anilines is 2. The first kappa shape index (κ1) is 16.4. The molecule has 0 saturated carbocycles. The number of hydrogen-bond donors (Lipinski definition) is 1. The third-order valence-corrected chi connectivity index (χ3v) is 4.40. The van der Waals surface area contributed by atoms with Crippen LogP contribution in [0, 0.1) is 5.82 Å². The average Bonchev–Trinajstić information content (AvgIpc) is 3.10. The van der Waals surface area contributed by atoms with Crippen molar-refractivity contribution in [3.05, 3.63) is 65.6 Å². The number of fused-ring (bicyclic) bond motifs is 1. The van der Waals surface area contributed by atoms with Crippen LogP contribution >= 0.6 is 0 Å². The van der Waals surface area contributed by atoms with E-state index in [1.807, 2.05) is 12.1 Å². The molecule has 2 aromatic carbocycles. The Hall–Kier alpha value is -3.09. The summed E-state index contributed by atoms with van der Waals surface area (Å²) in [6.07, 6.45) is 2.02. The van der Waals surface area contributed by atoms with Crippen LogP contribution < -0.4 is 15.4 Å². The Bertz CT molecular complexity index is 895. The van der Waals surface area contributed by atoms with Crippen molar-refractivity contribution >= 4 is 11.4 Å². The second-order valence-electron chi connectivity index (χ2n) is 6.22. The second kappa shape index (κ2) is 7.03. The van der Waals surface area contributed by atoms with Gasteiger partial charge in [0.1, 0.15) is 11.6 Å². The maximum absolute atomic E-state index is 12.9. The van der Waals surface area contributed by atoms with Gasteiger partial charge in [0.05, 0.1) is 6.54 Å². The molecule has 134 valence electrons. The lowest BCUT2D eigenvalue weighted by Crippen LogP contribution is -2.29. The number of aromatic nitrogens is 2. The Morgan fingerprint density at radius 3 is 2.88 bits per heavy atom. The highest BCUT2D eigenvalue weighted by molar-refractivity contribution is 5.66. The van der Waals surface area contributed by atoms with Crippen molar-refractivity contribution in [2.75, 3.05) is 17.2 Å². The van der Waals surface area contributed by atoms with Crippen LogP contribution in [0.25, 0.3) is 0 Å². The fourth-order valence-electron chi connectivity index (χ4n) is 3.15. The predicted molar refractivity (Wildman–Crippen MR) is 95.3 cm³/mol. The van der Waals surface area contributed by atoms with E-state index in [-0.39, 0.29) is 12.4 Å². The summed E-state index contributed by atoms with van der Waals surface area (Å²) >= 11 is 0. The van der Waals surface area contributed by atoms with Crippen LogP contribution in [0.4, 0.5) is 15.8 Å². The van der Waals surface area contributed by atoms with Gasteiger partial charge < -0.3 is 19.9 Å². The van der Waals surface area contributed by atoms with E-state index in [0.29, 0.717) is 24.0 Å². The lowest BCUT2D eigenvalue weighted by molar-refractivity contribution is 0.284. The molecule has 0 fully saturated rings. The molecule has 1 aromatic heterocycles. The van der Waals surface area contributed by atoms with Gasteiger partial charge >= 0.3 is 0 Å². The SMILES string of the molecule is Nc1cccc2c1CCCN2Cc1nc(COc2ccc(F)cc2)no1. The molecule has 0 unspecified atom stereocenters. The van der Waals surface area contributed by atoms with Crippen LogP contribution in [0.5, 0.6) is 5.75 Å². The van der Waals surface area contributed by atoms with Gasteiger partial charge in [0.15, 0.2) is 6.61 Å². The summed E-state index contributed by atoms with van der Waals surface area (Å²) in [4.78, 5) is 6.58. The third-order valence-electron chi connectivity index (χ3n) is 4.40. The molecule has 26 heavy (non-hydrogen) atoms. The Labute approximate surface area is 150 Å². The number of nitrogens with two attached hydrogens (primary N) is 1. The van der Waals surface area contributed by atoms with E-state index >= 15 is 0 Å². The monoisotopic (exact) mass is 354 g/mol. The van der Waals surface area contributed by atoms with E-state index < -0.39 is 0 Å². The van der Waals surface area contributed by atoms with Crippen molar-refractivity contribution in [1.82, 2.24) is 10.1 Å². The topological polar surface area (TPSA) is 77.4 Å². The van der Waals surface area contributed by atoms with Crippen molar-refractivity contribution in [2.24, 2.45) is 0 Å². The quantitative estimate of drug-likeness (QED) is 0.708. The number of hydrogen-bond acceptors (Lipinski definition) is 6. The minimum atomic E-state index is -0.304. The first-order chi connectivity index (χ1) is 12.7. The molecule has 4 rings (SSSR count). The lowest BCUT2D eigenvalue weighted by atomic mass is 10.00. The predicted octanol–water partition coefficient (Wildman–Crippen LogP) is 3.32. The lowest BCUT2D eigenvalue weighted by Gasteiger charge is -2.30. The molecular weight excluding hydrogens is 335 g/mol. The van der Waals surface area contributed by atoms with Gasteiger partial charge in [-0.3, -0.25) is 0 Å². The average molecular weight is 354 g/mol. The van der Waals surface area contributed by atoms with Gasteiger partial charge in [-0.25, -0.2) is 4.39 Å². The van der Waals surface area contributed by atoms with E-state index in [1.165, 1.54) is 17.7 Å². The first-order valence-electron chi connectivity index (χ1n) is 8.51. The molecule has 0 atom stereocenters. The summed E-state index contributed by atoms with van der Waals surface area (Å²) in [6.45, 7) is 1.61. The third kappa shape index (κ3) is 3.46. The van der Waals surface area contributed by atoms with Crippen LogP contribution in [0.3, 0.4) is 0 Å². The fraction of sp³-hybridized carbons (Fsp3) is 0.263. The fourth-order valence-corrected chi connectivity index (χ4v) is 3.15. The number of benzene rings is 2. The van der Waals surface area contributed by atoms with Crippen molar-refractivity contribution in [3.8, 4) is 5.75 Å². The van der Waals surface area contributed by atoms with Gasteiger partial charge in [-0.15, -0.1) is 0 Å². The van der Waals surface area contributed by atoms with Crippen molar-refractivity contribution in [2.45, 2.75) is 26.0 Å². The highest BCUT2D eigenvalue weighted by Crippen LogP contribution is 2.32. The molecular formula is C19H19FN4O2. The number of halogens is 1. The molecule has 0 amide bonds. The van der Waals surface area contributed by atoms with Crippen molar-refractivity contribution < 1.29 is 13.7 Å². The standard InChI is InChI=1S/C19H19FN4O2/c20-13-6-8-14(9-7-13)25-12-18-22-19(26-23-18)11-24-10-2-3-15-16(21)4-1-5-17(15)24/h1,4-9H,2-3,10-12,21H2. The molecule has 0 saturated heterocycles. The molecule has 0 spiro atoms. The van der Waals surface area contributed by atoms with E-state index in [1.54, 1.807) is 12.1 Å². The summed E-state index contributed by atoms with van der Waals surface area (Å²) in [5, 5.41) is 3.95. The van der Waals surface area contributed by atoms with Crippen molar-refractivity contribution in [3.63, 3.8) is 0 Å². The van der Waals surface area contributed by atoms with Crippen LogP contribution in [-0.2, 0) is 19.6 Å². The molecule has 0 radical (unpaired) electrons. The van der Waals surface area contributed by atoms with E-state index in [9.17, 15) is 4.39 Å². The Kier molecular flexibility index (Phi) is 4.43. The minimum absolute atomic E-state index is 0.165. The number of nitrogen functional groups attached to an aromatic ring is 1. The molecule has 1 aliphatic heterocycles. The van der Waals surface area contributed by atoms with Crippen molar-refractivity contribution in [1.29, 1.82) is 0 Å². The van der Waals surface area contributed by atoms with Crippen LogP contribution in [0.1, 0.15) is 23.7 Å². The summed E-state index contributed by atoms with van der Waals surface area (Å²) in [6, 6.07) is 11.8. The van der Waals surface area contributed by atoms with Crippen LogP contribution in [0.15, 0.2) is 47.0 Å². The van der Waals surface area contributed by atoms with Gasteiger partial charge in [0.2, 0.25) is 11.7 Å². The maximum Gasteiger partial charge on any atom is 0.246 e. The zero-order chi connectivity index (χ0) is 17.9. The number of rotatable bonds is 5. The Morgan fingerprint density at radius 2 is 2.04 bits per heavy atom. The van der Waals surface area contributed by atoms with Crippen LogP contribution in [0.2, 0.25) is 0 Å². The first-order valence-corrected chi connectivity index (χ1v) is 8.51. The summed E-state index contributed by atoms with van der Waals surface area (Å²) in [5.41, 5.74) is 9.21. The molecule has 3 aromatic rings. The van der Waals surface area contributed by atoms with Gasteiger partial charge in [-0.1, -0.05) is 11.2 Å². The maximum atomic E-state index is 12.9. The molecule has 0 bridgehead atoms. The normalized spacial score (nSPS) is 13.5. The van der Waals surface area contributed by atoms with E-state index in [2.05, 4.69) is 21.1 Å². The van der Waals surface area contributed by atoms with Gasteiger partial charge in [0.25, 0.3) is 0 Å². The molecule has 0 aliphatic carbocycles. The van der Waals surface area contributed by atoms with E-state index in [0.717, 1.165) is 30.8 Å². The van der Waals surface area contributed by atoms with Crippen LogP contribution in [-0.4, -0.2) is 16.7 Å². The zero-order valence-corrected chi connectivity index (χ0v) is 14.2. The highest BCUT2D eigenvalue weighted by Gasteiger charge is 2.20. The molecule has 1 aliphatic rings. The Morgan fingerprint density at radius 1 is 1.19 bits per heavy atom. The van der Waals surface area contributed by atoms with E-state index in [4.69, 9.17) is 15.0 Å². The molecule has 2 heterocycles. The molecule has 6 nitrogen and oxygen atoms in total. The highest BCUT2D eigenvalue weighted by atomic mass is 19.1. The number of ether oxygens (including phenoxy) is 1. The smallest absolute Gasteiger partial charge is 0.246 e. The number of nitrogens with zero attached hydrogens (tertiary/aromatic N) is 3. The van der Waals surface area contributed by atoms with Gasteiger partial charge in [0, 0.05) is 17.9 Å². The second-order valence-corrected chi connectivity index (χ2v) is 6.22. The summed E-state index contributed by atoms with van der Waals surface area (Å²) in [7, 11) is 0. The minimum Gasteiger partial charge on any atom is -0.485 e. The summed E-state index contributed by atoms with van der Waals surface area (Å²) < 4.78 is 23.8. The Balaban J connectivity index is 1.41. The molecule has 7 heteroatoms. The van der Waals surface area contributed by atoms with Gasteiger partial charge in [-0.05, 0) is 54.8 Å². The zero-order valence-electron chi connectivity index (χ0n) is 14.2. The summed E-state index contributed by atoms with van der Waals surface area (Å²) in [5.74, 6) is 1.23. The molecule has 2 N–H and O–H groups in total.